The zero-order valence-corrected chi connectivity index (χ0v) is 20.6. The monoisotopic (exact) mass is 475 g/mol. The second-order valence-corrected chi connectivity index (χ2v) is 7.49. The standard InChI is InChI=1S/C27H34NO.BF4/c1-6-28(7-2)26(24-18-14-22(4)15-19-24)12-10-9-11-13-27(29-8-3)25-20-16-23(5)17-21-25;2-1(3,4)5/h9-21H,6-8H2,1-5H3;/q+1;-1. The molecule has 0 fully saturated rings. The van der Waals surface area contributed by atoms with Crippen molar-refractivity contribution in [2.75, 3.05) is 19.7 Å². The zero-order valence-electron chi connectivity index (χ0n) is 20.6. The van der Waals surface area contributed by atoms with Crippen LogP contribution in [0.1, 0.15) is 43.0 Å². The first-order valence-electron chi connectivity index (χ1n) is 11.4. The van der Waals surface area contributed by atoms with Crippen LogP contribution in [0.25, 0.3) is 5.76 Å². The highest BCUT2D eigenvalue weighted by atomic mass is 19.5. The Morgan fingerprint density at radius 1 is 0.765 bits per heavy atom. The van der Waals surface area contributed by atoms with Crippen molar-refractivity contribution in [3.05, 3.63) is 101 Å². The zero-order chi connectivity index (χ0) is 25.6. The van der Waals surface area contributed by atoms with Crippen molar-refractivity contribution in [2.24, 2.45) is 0 Å². The van der Waals surface area contributed by atoms with Gasteiger partial charge in [0, 0.05) is 17.2 Å². The van der Waals surface area contributed by atoms with Gasteiger partial charge in [0.05, 0.1) is 6.61 Å². The molecule has 34 heavy (non-hydrogen) atoms. The van der Waals surface area contributed by atoms with Gasteiger partial charge in [0.15, 0.2) is 0 Å². The lowest BCUT2D eigenvalue weighted by Gasteiger charge is -2.08. The molecule has 0 aliphatic heterocycles. The third-order valence-corrected chi connectivity index (χ3v) is 4.81. The Morgan fingerprint density at radius 2 is 1.24 bits per heavy atom. The summed E-state index contributed by atoms with van der Waals surface area (Å²) < 4.78 is 47.2. The van der Waals surface area contributed by atoms with Gasteiger partial charge in [-0.1, -0.05) is 65.8 Å². The molecule has 0 bridgehead atoms. The van der Waals surface area contributed by atoms with Crippen molar-refractivity contribution in [3.8, 4) is 0 Å². The summed E-state index contributed by atoms with van der Waals surface area (Å²) in [5, 5.41) is 0. The van der Waals surface area contributed by atoms with Gasteiger partial charge in [-0.15, -0.1) is 0 Å². The summed E-state index contributed by atoms with van der Waals surface area (Å²) in [7, 11) is -6.00. The van der Waals surface area contributed by atoms with E-state index in [1.807, 2.05) is 19.1 Å². The van der Waals surface area contributed by atoms with E-state index in [-0.39, 0.29) is 0 Å². The van der Waals surface area contributed by atoms with Gasteiger partial charge in [-0.3, -0.25) is 0 Å². The molecular formula is C27H34BF4NO. The van der Waals surface area contributed by atoms with Crippen LogP contribution in [-0.2, 0) is 4.74 Å². The summed E-state index contributed by atoms with van der Waals surface area (Å²) in [5.41, 5.74) is 6.11. The molecule has 2 aromatic carbocycles. The molecule has 0 saturated carbocycles. The summed E-state index contributed by atoms with van der Waals surface area (Å²) >= 11 is 0. The highest BCUT2D eigenvalue weighted by Gasteiger charge is 2.20. The number of rotatable bonds is 9. The van der Waals surface area contributed by atoms with Crippen LogP contribution in [0, 0.1) is 13.8 Å². The smallest absolute Gasteiger partial charge is 0.493 e. The highest BCUT2D eigenvalue weighted by molar-refractivity contribution is 6.50. The minimum absolute atomic E-state index is 0.650. The van der Waals surface area contributed by atoms with Gasteiger partial charge in [-0.2, -0.15) is 0 Å². The minimum atomic E-state index is -6.00. The maximum Gasteiger partial charge on any atom is 0.673 e. The first kappa shape index (κ1) is 28.9. The number of allylic oxidation sites excluding steroid dienone is 5. The minimum Gasteiger partial charge on any atom is -0.493 e. The van der Waals surface area contributed by atoms with Crippen LogP contribution >= 0.6 is 0 Å². The Hall–Kier alpha value is -3.09. The second-order valence-electron chi connectivity index (χ2n) is 7.49. The fraction of sp³-hybridized carbons (Fsp3) is 0.296. The highest BCUT2D eigenvalue weighted by Crippen LogP contribution is 2.17. The van der Waals surface area contributed by atoms with Crippen molar-refractivity contribution in [2.45, 2.75) is 34.6 Å². The Balaban J connectivity index is 0.00000104. The van der Waals surface area contributed by atoms with Crippen LogP contribution in [-0.4, -0.2) is 37.2 Å². The van der Waals surface area contributed by atoms with E-state index in [4.69, 9.17) is 4.74 Å². The second kappa shape index (κ2) is 14.9. The summed E-state index contributed by atoms with van der Waals surface area (Å²) in [4.78, 5) is 0. The molecule has 0 spiro atoms. The SMILES string of the molecule is CCOC(=CC=CC=CC(c1ccc(C)cc1)=[N+](CC)CC)c1ccc(C)cc1.F[B-](F)(F)F. The Bertz CT molecular complexity index is 977. The van der Waals surface area contributed by atoms with E-state index in [1.54, 1.807) is 0 Å². The van der Waals surface area contributed by atoms with Gasteiger partial charge in [-0.25, -0.2) is 4.58 Å². The quantitative estimate of drug-likeness (QED) is 0.0907. The fourth-order valence-electron chi connectivity index (χ4n) is 3.13. The van der Waals surface area contributed by atoms with E-state index < -0.39 is 7.25 Å². The summed E-state index contributed by atoms with van der Waals surface area (Å²) in [6, 6.07) is 17.1. The van der Waals surface area contributed by atoms with E-state index in [9.17, 15) is 17.3 Å². The Morgan fingerprint density at radius 3 is 1.68 bits per heavy atom. The lowest BCUT2D eigenvalue weighted by Crippen LogP contribution is -2.20. The molecule has 0 aliphatic rings. The van der Waals surface area contributed by atoms with Crippen molar-refractivity contribution in [1.29, 1.82) is 0 Å². The third kappa shape index (κ3) is 11.7. The molecule has 7 heteroatoms. The molecule has 0 radical (unpaired) electrons. The maximum atomic E-state index is 9.75. The van der Waals surface area contributed by atoms with Crippen LogP contribution in [0.4, 0.5) is 17.3 Å². The van der Waals surface area contributed by atoms with Crippen LogP contribution in [0.5, 0.6) is 0 Å². The number of halogens is 4. The average Bonchev–Trinajstić information content (AvgIpc) is 2.78. The van der Waals surface area contributed by atoms with Gasteiger partial charge in [0.2, 0.25) is 5.71 Å². The molecule has 0 amide bonds. The van der Waals surface area contributed by atoms with Crippen molar-refractivity contribution < 1.29 is 26.6 Å². The van der Waals surface area contributed by atoms with Gasteiger partial charge in [0.25, 0.3) is 0 Å². The number of nitrogens with zero attached hydrogens (tertiary/aromatic N) is 1. The van der Waals surface area contributed by atoms with Crippen LogP contribution in [0.3, 0.4) is 0 Å². The molecule has 184 valence electrons. The predicted molar refractivity (Wildman–Crippen MR) is 136 cm³/mol. The first-order valence-corrected chi connectivity index (χ1v) is 11.4. The third-order valence-electron chi connectivity index (χ3n) is 4.81. The van der Waals surface area contributed by atoms with E-state index in [0.29, 0.717) is 6.61 Å². The lowest BCUT2D eigenvalue weighted by atomic mass is 10.1. The van der Waals surface area contributed by atoms with Crippen LogP contribution < -0.4 is 0 Å². The summed E-state index contributed by atoms with van der Waals surface area (Å²) in [6.45, 7) is 13.2. The molecule has 0 atom stereocenters. The molecule has 2 aromatic rings. The lowest BCUT2D eigenvalue weighted by molar-refractivity contribution is -0.519. The van der Waals surface area contributed by atoms with Crippen LogP contribution in [0.2, 0.25) is 0 Å². The van der Waals surface area contributed by atoms with E-state index >= 15 is 0 Å². The summed E-state index contributed by atoms with van der Waals surface area (Å²) in [5.74, 6) is 0.892. The fourth-order valence-corrected chi connectivity index (χ4v) is 3.13. The molecule has 0 aromatic heterocycles. The number of aryl methyl sites for hydroxylation is 2. The number of ether oxygens (including phenoxy) is 1. The van der Waals surface area contributed by atoms with Gasteiger partial charge in [0.1, 0.15) is 18.8 Å². The summed E-state index contributed by atoms with van der Waals surface area (Å²) in [6.07, 6.45) is 10.4. The topological polar surface area (TPSA) is 12.2 Å². The predicted octanol–water partition coefficient (Wildman–Crippen LogP) is 7.63. The number of benzene rings is 2. The Kier molecular flexibility index (Phi) is 12.7. The van der Waals surface area contributed by atoms with Crippen LogP contribution in [0.15, 0.2) is 78.9 Å². The average molecular weight is 475 g/mol. The maximum absolute atomic E-state index is 9.75. The van der Waals surface area contributed by atoms with Crippen molar-refractivity contribution in [1.82, 2.24) is 0 Å². The van der Waals surface area contributed by atoms with E-state index in [2.05, 4.69) is 99.0 Å². The van der Waals surface area contributed by atoms with Gasteiger partial charge < -0.3 is 22.0 Å². The van der Waals surface area contributed by atoms with Crippen molar-refractivity contribution >= 4 is 18.7 Å². The first-order chi connectivity index (χ1) is 16.1. The molecule has 0 aliphatic carbocycles. The molecular weight excluding hydrogens is 441 g/mol. The molecule has 0 N–H and O–H groups in total. The van der Waals surface area contributed by atoms with Gasteiger partial charge in [-0.05, 0) is 52.8 Å². The molecule has 2 nitrogen and oxygen atoms in total. The molecule has 2 rings (SSSR count). The normalized spacial score (nSPS) is 12.0. The van der Waals surface area contributed by atoms with Crippen molar-refractivity contribution in [3.63, 3.8) is 0 Å². The molecule has 0 saturated heterocycles. The van der Waals surface area contributed by atoms with E-state index in [0.717, 1.165) is 24.4 Å². The molecule has 0 heterocycles. The largest absolute Gasteiger partial charge is 0.673 e. The Labute approximate surface area is 201 Å². The number of hydrogen-bond acceptors (Lipinski definition) is 1. The molecule has 0 unspecified atom stereocenters. The van der Waals surface area contributed by atoms with Gasteiger partial charge >= 0.3 is 7.25 Å². The van der Waals surface area contributed by atoms with E-state index in [1.165, 1.54) is 22.4 Å². The number of hydrogen-bond donors (Lipinski definition) is 0.